The van der Waals surface area contributed by atoms with Crippen LogP contribution in [-0.2, 0) is 16.0 Å². The number of carbonyl (C=O) groups is 2. The molecule has 1 atom stereocenters. The van der Waals surface area contributed by atoms with Crippen LogP contribution in [0.3, 0.4) is 0 Å². The number of cyclic esters (lactones) is 1. The molecule has 0 aliphatic carbocycles. The molecule has 4 rings (SSSR count). The number of anilines is 2. The van der Waals surface area contributed by atoms with E-state index in [0.29, 0.717) is 48.9 Å². The zero-order chi connectivity index (χ0) is 25.7. The van der Waals surface area contributed by atoms with Crippen molar-refractivity contribution >= 4 is 40.9 Å². The molecule has 3 amide bonds. The number of hydrogen-bond acceptors (Lipinski definition) is 10. The molecule has 194 valence electrons. The molecule has 2 aliphatic heterocycles. The maximum absolute atomic E-state index is 15.1. The van der Waals surface area contributed by atoms with Gasteiger partial charge in [0.25, 0.3) is 5.17 Å². The number of thiocarbonyl (C=S) groups is 1. The van der Waals surface area contributed by atoms with Gasteiger partial charge in [0.15, 0.2) is 0 Å². The Morgan fingerprint density at radius 3 is 2.86 bits per heavy atom. The number of benzene rings is 1. The van der Waals surface area contributed by atoms with Gasteiger partial charge in [0.2, 0.25) is 0 Å². The lowest BCUT2D eigenvalue weighted by atomic mass is 10.2. The number of hydrazine groups is 1. The average molecular weight is 523 g/mol. The van der Waals surface area contributed by atoms with Crippen LogP contribution in [0.25, 0.3) is 0 Å². The monoisotopic (exact) mass is 522 g/mol. The number of aromatic nitrogens is 2. The van der Waals surface area contributed by atoms with Crippen LogP contribution in [0.15, 0.2) is 22.8 Å². The minimum Gasteiger partial charge on any atom is -0.474 e. The molecule has 3 heterocycles. The first-order valence-electron chi connectivity index (χ1n) is 11.3. The molecule has 0 spiro atoms. The third kappa shape index (κ3) is 5.91. The Labute approximate surface area is 211 Å². The van der Waals surface area contributed by atoms with Gasteiger partial charge in [-0.25, -0.2) is 24.0 Å². The first-order valence-corrected chi connectivity index (χ1v) is 11.7. The van der Waals surface area contributed by atoms with Gasteiger partial charge >= 0.3 is 12.1 Å². The summed E-state index contributed by atoms with van der Waals surface area (Å²) in [4.78, 5) is 28.0. The number of hydrogen-bond donors (Lipinski definition) is 3. The van der Waals surface area contributed by atoms with Gasteiger partial charge in [-0.2, -0.15) is 0 Å². The summed E-state index contributed by atoms with van der Waals surface area (Å²) >= 11 is 4.92. The number of ether oxygens (including phenoxy) is 2. The van der Waals surface area contributed by atoms with E-state index in [1.807, 2.05) is 4.90 Å². The lowest BCUT2D eigenvalue weighted by molar-refractivity contribution is 0.142. The summed E-state index contributed by atoms with van der Waals surface area (Å²) in [7, 11) is 1.44. The molecule has 1 aromatic heterocycles. The normalized spacial score (nSPS) is 18.0. The second-order valence-electron chi connectivity index (χ2n) is 8.13. The molecular formula is C21H27FN8O5S. The van der Waals surface area contributed by atoms with E-state index >= 15 is 4.39 Å². The van der Waals surface area contributed by atoms with Crippen molar-refractivity contribution in [1.82, 2.24) is 31.4 Å². The SMILES string of the molecule is COC(=S)NC[C@H]1CN(c2ccc(N3CCNN(C(=O)NCc4nonc4C)CC3)c(F)c2)C(=O)O1. The van der Waals surface area contributed by atoms with Gasteiger partial charge in [0, 0.05) is 19.6 Å². The van der Waals surface area contributed by atoms with Crippen molar-refractivity contribution in [2.24, 2.45) is 0 Å². The molecule has 0 saturated carbocycles. The number of amides is 3. The number of aryl methyl sites for hydroxylation is 1. The fraction of sp³-hybridized carbons (Fsp3) is 0.476. The Hall–Kier alpha value is -3.72. The summed E-state index contributed by atoms with van der Waals surface area (Å²) in [6.07, 6.45) is -1.01. The Kier molecular flexibility index (Phi) is 8.00. The summed E-state index contributed by atoms with van der Waals surface area (Å²) in [6.45, 7) is 4.08. The topological polar surface area (TPSA) is 137 Å². The fourth-order valence-corrected chi connectivity index (χ4v) is 3.92. The predicted molar refractivity (Wildman–Crippen MR) is 130 cm³/mol. The second kappa shape index (κ2) is 11.3. The second-order valence-corrected chi connectivity index (χ2v) is 8.50. The summed E-state index contributed by atoms with van der Waals surface area (Å²) in [5.41, 5.74) is 4.96. The third-order valence-electron chi connectivity index (χ3n) is 5.79. The molecule has 1 aromatic carbocycles. The first-order chi connectivity index (χ1) is 17.4. The molecule has 0 radical (unpaired) electrons. The van der Waals surface area contributed by atoms with Gasteiger partial charge in [-0.1, -0.05) is 10.3 Å². The molecule has 2 fully saturated rings. The Morgan fingerprint density at radius 1 is 1.31 bits per heavy atom. The van der Waals surface area contributed by atoms with Crippen LogP contribution < -0.4 is 25.9 Å². The Balaban J connectivity index is 1.33. The molecule has 15 heteroatoms. The highest BCUT2D eigenvalue weighted by molar-refractivity contribution is 7.80. The van der Waals surface area contributed by atoms with Crippen LogP contribution in [0.1, 0.15) is 11.4 Å². The molecule has 3 N–H and O–H groups in total. The molecule has 2 saturated heterocycles. The van der Waals surface area contributed by atoms with E-state index in [9.17, 15) is 9.59 Å². The Bertz CT molecular complexity index is 1120. The van der Waals surface area contributed by atoms with Crippen molar-refractivity contribution in [1.29, 1.82) is 0 Å². The minimum absolute atomic E-state index is 0.182. The number of nitrogens with zero attached hydrogens (tertiary/aromatic N) is 5. The average Bonchev–Trinajstić information content (AvgIpc) is 3.36. The number of urea groups is 1. The van der Waals surface area contributed by atoms with E-state index in [1.54, 1.807) is 19.1 Å². The zero-order valence-electron chi connectivity index (χ0n) is 19.8. The van der Waals surface area contributed by atoms with Crippen molar-refractivity contribution in [3.05, 3.63) is 35.4 Å². The fourth-order valence-electron chi connectivity index (χ4n) is 3.84. The molecule has 13 nitrogen and oxygen atoms in total. The van der Waals surface area contributed by atoms with Gasteiger partial charge in [0.05, 0.1) is 44.7 Å². The maximum atomic E-state index is 15.1. The van der Waals surface area contributed by atoms with Crippen molar-refractivity contribution in [2.75, 3.05) is 56.2 Å². The van der Waals surface area contributed by atoms with E-state index in [1.165, 1.54) is 23.1 Å². The van der Waals surface area contributed by atoms with Crippen LogP contribution >= 0.6 is 12.2 Å². The summed E-state index contributed by atoms with van der Waals surface area (Å²) in [5.74, 6) is -0.477. The molecule has 0 unspecified atom stereocenters. The number of nitrogens with one attached hydrogen (secondary N) is 3. The number of methoxy groups -OCH3 is 1. The zero-order valence-corrected chi connectivity index (χ0v) is 20.6. The van der Waals surface area contributed by atoms with Crippen molar-refractivity contribution in [3.8, 4) is 0 Å². The quantitative estimate of drug-likeness (QED) is 0.467. The van der Waals surface area contributed by atoms with Gasteiger partial charge in [-0.05, 0) is 37.3 Å². The van der Waals surface area contributed by atoms with Crippen molar-refractivity contribution in [3.63, 3.8) is 0 Å². The molecular weight excluding hydrogens is 495 g/mol. The number of rotatable bonds is 6. The first kappa shape index (κ1) is 25.4. The third-order valence-corrected chi connectivity index (χ3v) is 6.10. The molecule has 2 aliphatic rings. The lowest BCUT2D eigenvalue weighted by Gasteiger charge is -2.24. The predicted octanol–water partition coefficient (Wildman–Crippen LogP) is 0.900. The van der Waals surface area contributed by atoms with Crippen molar-refractivity contribution in [2.45, 2.75) is 19.6 Å². The highest BCUT2D eigenvalue weighted by Crippen LogP contribution is 2.28. The summed E-state index contributed by atoms with van der Waals surface area (Å²) < 4.78 is 29.9. The Morgan fingerprint density at radius 2 is 2.14 bits per heavy atom. The van der Waals surface area contributed by atoms with Crippen LogP contribution in [0.5, 0.6) is 0 Å². The molecule has 36 heavy (non-hydrogen) atoms. The summed E-state index contributed by atoms with van der Waals surface area (Å²) in [6, 6.07) is 4.27. The van der Waals surface area contributed by atoms with E-state index in [-0.39, 0.29) is 30.8 Å². The van der Waals surface area contributed by atoms with Gasteiger partial charge < -0.3 is 25.0 Å². The van der Waals surface area contributed by atoms with Gasteiger partial charge in [0.1, 0.15) is 23.3 Å². The van der Waals surface area contributed by atoms with Crippen LogP contribution in [0.2, 0.25) is 0 Å². The standard InChI is InChI=1S/C21H27FN8O5S/c1-13-17(27-35-26-13)11-23-19(31)30-8-7-28(6-5-25-30)18-4-3-14(9-16(18)22)29-12-15(34-21(29)32)10-24-20(36)33-2/h3-4,9,15,25H,5-8,10-12H2,1-2H3,(H,23,31)(H,24,36)/t15-/m0/s1. The van der Waals surface area contributed by atoms with E-state index < -0.39 is 18.0 Å². The van der Waals surface area contributed by atoms with Gasteiger partial charge in [-0.3, -0.25) is 9.91 Å². The number of carbonyl (C=O) groups excluding carboxylic acids is 2. The van der Waals surface area contributed by atoms with E-state index in [0.717, 1.165) is 0 Å². The van der Waals surface area contributed by atoms with E-state index in [2.05, 4.69) is 31.0 Å². The van der Waals surface area contributed by atoms with Gasteiger partial charge in [-0.15, -0.1) is 0 Å². The smallest absolute Gasteiger partial charge is 0.414 e. The van der Waals surface area contributed by atoms with Crippen LogP contribution in [0, 0.1) is 12.7 Å². The van der Waals surface area contributed by atoms with E-state index in [4.69, 9.17) is 21.7 Å². The van der Waals surface area contributed by atoms with Crippen LogP contribution in [-0.4, -0.2) is 85.1 Å². The highest BCUT2D eigenvalue weighted by atomic mass is 32.1. The number of halogens is 1. The molecule has 2 aromatic rings. The highest BCUT2D eigenvalue weighted by Gasteiger charge is 2.33. The lowest BCUT2D eigenvalue weighted by Crippen LogP contribution is -2.48. The van der Waals surface area contributed by atoms with Crippen LogP contribution in [0.4, 0.5) is 25.4 Å². The maximum Gasteiger partial charge on any atom is 0.414 e. The molecule has 0 bridgehead atoms. The minimum atomic E-state index is -0.561. The largest absolute Gasteiger partial charge is 0.474 e. The summed E-state index contributed by atoms with van der Waals surface area (Å²) in [5, 5.41) is 14.7. The van der Waals surface area contributed by atoms with Crippen molar-refractivity contribution < 1.29 is 28.1 Å².